The third-order valence-corrected chi connectivity index (χ3v) is 4.10. The molecule has 0 aliphatic heterocycles. The predicted molar refractivity (Wildman–Crippen MR) is 100 cm³/mol. The molecule has 0 spiro atoms. The second-order valence-corrected chi connectivity index (χ2v) is 5.67. The van der Waals surface area contributed by atoms with E-state index in [9.17, 15) is 4.79 Å². The summed E-state index contributed by atoms with van der Waals surface area (Å²) in [5.41, 5.74) is 4.00. The monoisotopic (exact) mass is 367 g/mol. The van der Waals surface area contributed by atoms with Gasteiger partial charge in [0.2, 0.25) is 0 Å². The molecule has 4 aromatic rings. The molecule has 0 fully saturated rings. The van der Waals surface area contributed by atoms with Crippen molar-refractivity contribution in [2.45, 2.75) is 6.42 Å². The molecule has 0 atom stereocenters. The zero-order chi connectivity index (χ0) is 17.1. The van der Waals surface area contributed by atoms with Gasteiger partial charge in [0.15, 0.2) is 5.78 Å². The number of hydrogen-bond donors (Lipinski definition) is 0. The molecule has 6 heteroatoms. The first-order valence-corrected chi connectivity index (χ1v) is 8.03. The van der Waals surface area contributed by atoms with E-state index >= 15 is 0 Å². The van der Waals surface area contributed by atoms with E-state index in [0.29, 0.717) is 0 Å². The minimum absolute atomic E-state index is 0. The fraction of sp³-hybridized carbons (Fsp3) is 0.0500. The van der Waals surface area contributed by atoms with Gasteiger partial charge >= 0.3 is 0 Å². The summed E-state index contributed by atoms with van der Waals surface area (Å²) in [5, 5.41) is 7.95. The molecular weight excluding hydrogens is 351 g/mol. The first-order valence-electron chi connectivity index (χ1n) is 8.03. The van der Waals surface area contributed by atoms with Gasteiger partial charge in [-0.1, -0.05) is 48.5 Å². The van der Waals surface area contributed by atoms with Crippen LogP contribution < -0.4 is 0 Å². The quantitative estimate of drug-likeness (QED) is 0.428. The summed E-state index contributed by atoms with van der Waals surface area (Å²) in [7, 11) is 0. The number of nitrogens with zero attached hydrogens (tertiary/aromatic N) is 4. The minimum Gasteiger partial charge on any atom is -0.289 e. The van der Waals surface area contributed by atoms with Crippen LogP contribution in [0.15, 0.2) is 85.5 Å². The van der Waals surface area contributed by atoms with Crippen LogP contribution in [0.25, 0.3) is 0 Å². The topological polar surface area (TPSA) is 52.7 Å². The largest absolute Gasteiger partial charge is 0.289 e. The number of carbonyl (C=O) groups is 1. The fourth-order valence-corrected chi connectivity index (χ4v) is 2.91. The van der Waals surface area contributed by atoms with Crippen molar-refractivity contribution in [2.24, 2.45) is 0 Å². The zero-order valence-corrected chi connectivity index (χ0v) is 17.6. The van der Waals surface area contributed by atoms with E-state index in [2.05, 4.69) is 10.2 Å². The van der Waals surface area contributed by atoms with Crippen LogP contribution in [0.1, 0.15) is 27.0 Å². The smallest absolute Gasteiger partial charge is 0.193 e. The van der Waals surface area contributed by atoms with Gasteiger partial charge in [-0.25, -0.2) is 0 Å². The Bertz CT molecular complexity index is 915. The normalized spacial score (nSPS) is 11.5. The maximum Gasteiger partial charge on any atom is 0.193 e. The maximum absolute atomic E-state index is 12.1. The van der Waals surface area contributed by atoms with E-state index in [-0.39, 0.29) is 57.2 Å². The van der Waals surface area contributed by atoms with Crippen molar-refractivity contribution < 1.29 is 4.79 Å². The Morgan fingerprint density at radius 1 is 0.692 bits per heavy atom. The summed E-state index contributed by atoms with van der Waals surface area (Å²) in [6.07, 6.45) is 7.95. The van der Waals surface area contributed by atoms with Gasteiger partial charge in [0, 0.05) is 62.5 Å². The summed E-state index contributed by atoms with van der Waals surface area (Å²) in [5.74, 6) is 0.160. The number of ketones is 1. The second-order valence-electron chi connectivity index (χ2n) is 5.67. The molecule has 0 amide bonds. The number of carbonyl (C=O) groups excluding carboxylic acids is 1. The molecule has 26 heavy (non-hydrogen) atoms. The van der Waals surface area contributed by atoms with Gasteiger partial charge in [-0.05, 0) is 29.7 Å². The van der Waals surface area contributed by atoms with Crippen molar-refractivity contribution in [2.75, 3.05) is 0 Å². The van der Waals surface area contributed by atoms with Crippen LogP contribution in [-0.2, 0) is 6.42 Å². The molecule has 2 aromatic heterocycles. The van der Waals surface area contributed by atoms with E-state index in [1.807, 2.05) is 73.1 Å². The second kappa shape index (κ2) is 8.70. The molecule has 0 bridgehead atoms. The SMILES string of the molecule is O=C1c2ccccc2Cc2ccccc21.[K].c1cnn(-n2cccn2)c1. The predicted octanol–water partition coefficient (Wildman–Crippen LogP) is 2.83. The molecule has 0 N–H and O–H groups in total. The van der Waals surface area contributed by atoms with Crippen LogP contribution >= 0.6 is 0 Å². The molecule has 0 saturated carbocycles. The fourth-order valence-electron chi connectivity index (χ4n) is 2.91. The Morgan fingerprint density at radius 2 is 1.15 bits per heavy atom. The number of rotatable bonds is 1. The molecule has 123 valence electrons. The molecule has 2 aromatic carbocycles. The number of aromatic nitrogens is 4. The van der Waals surface area contributed by atoms with Crippen molar-refractivity contribution in [1.29, 1.82) is 0 Å². The Balaban J connectivity index is 0.000000156. The molecule has 1 radical (unpaired) electrons. The maximum atomic E-state index is 12.1. The summed E-state index contributed by atoms with van der Waals surface area (Å²) >= 11 is 0. The molecule has 5 rings (SSSR count). The molecule has 0 saturated heterocycles. The van der Waals surface area contributed by atoms with E-state index in [1.165, 1.54) is 0 Å². The Hall–Kier alpha value is -1.83. The van der Waals surface area contributed by atoms with Gasteiger partial charge in [0.25, 0.3) is 0 Å². The van der Waals surface area contributed by atoms with Crippen LogP contribution in [0.2, 0.25) is 0 Å². The van der Waals surface area contributed by atoms with Crippen LogP contribution in [-0.4, -0.2) is 76.9 Å². The van der Waals surface area contributed by atoms with E-state index in [4.69, 9.17) is 0 Å². The number of hydrogen-bond acceptors (Lipinski definition) is 3. The van der Waals surface area contributed by atoms with Crippen LogP contribution in [0.3, 0.4) is 0 Å². The van der Waals surface area contributed by atoms with Gasteiger partial charge in [-0.15, -0.1) is 0 Å². The molecule has 1 aliphatic rings. The van der Waals surface area contributed by atoms with Crippen molar-refractivity contribution in [3.8, 4) is 0 Å². The zero-order valence-electron chi connectivity index (χ0n) is 14.5. The van der Waals surface area contributed by atoms with E-state index in [1.54, 1.807) is 22.0 Å². The first kappa shape index (κ1) is 18.9. The third-order valence-electron chi connectivity index (χ3n) is 4.10. The minimum atomic E-state index is 0. The van der Waals surface area contributed by atoms with Crippen molar-refractivity contribution in [3.63, 3.8) is 0 Å². The number of benzene rings is 2. The summed E-state index contributed by atoms with van der Waals surface area (Å²) in [4.78, 5) is 15.4. The van der Waals surface area contributed by atoms with E-state index in [0.717, 1.165) is 28.7 Å². The molecule has 5 nitrogen and oxygen atoms in total. The van der Waals surface area contributed by atoms with Gasteiger partial charge in [-0.3, -0.25) is 4.79 Å². The summed E-state index contributed by atoms with van der Waals surface area (Å²) in [6.45, 7) is 0. The van der Waals surface area contributed by atoms with Crippen molar-refractivity contribution in [1.82, 2.24) is 19.8 Å². The third kappa shape index (κ3) is 3.95. The van der Waals surface area contributed by atoms with Crippen molar-refractivity contribution in [3.05, 3.63) is 108 Å². The van der Waals surface area contributed by atoms with Gasteiger partial charge < -0.3 is 0 Å². The standard InChI is InChI=1S/C14H10O.C6H6N4.K/c15-14-12-7-3-1-5-10(12)9-11-6-2-4-8-13(11)14;1-3-7-9(5-1)10-6-2-4-8-10;/h1-8H,9H2;1-6H;. The Morgan fingerprint density at radius 3 is 1.58 bits per heavy atom. The average molecular weight is 367 g/mol. The summed E-state index contributed by atoms with van der Waals surface area (Å²) < 4.78 is 0. The Labute approximate surface area is 194 Å². The summed E-state index contributed by atoms with van der Waals surface area (Å²) in [6, 6.07) is 19.4. The molecular formula is C20H16KN4O. The molecule has 2 heterocycles. The van der Waals surface area contributed by atoms with Crippen LogP contribution in [0, 0.1) is 0 Å². The Kier molecular flexibility index (Phi) is 6.34. The first-order chi connectivity index (χ1) is 12.3. The molecule has 0 unspecified atom stereocenters. The number of fused-ring (bicyclic) bond motifs is 2. The van der Waals surface area contributed by atoms with Gasteiger partial charge in [0.05, 0.1) is 24.8 Å². The van der Waals surface area contributed by atoms with Crippen LogP contribution in [0.4, 0.5) is 0 Å². The van der Waals surface area contributed by atoms with Gasteiger partial charge in [0.1, 0.15) is 0 Å². The van der Waals surface area contributed by atoms with Crippen LogP contribution in [0.5, 0.6) is 0 Å². The average Bonchev–Trinajstić information content (AvgIpc) is 3.36. The van der Waals surface area contributed by atoms with Crippen molar-refractivity contribution >= 4 is 57.2 Å². The van der Waals surface area contributed by atoms with Gasteiger partial charge in [-0.2, -0.15) is 19.8 Å². The molecule has 1 aliphatic carbocycles. The van der Waals surface area contributed by atoms with E-state index < -0.39 is 0 Å².